The number of carbonyl (C=O) groups is 1. The van der Waals surface area contributed by atoms with Gasteiger partial charge in [-0.25, -0.2) is 4.79 Å². The topological polar surface area (TPSA) is 92.2 Å². The molecule has 0 saturated carbocycles. The van der Waals surface area contributed by atoms with Gasteiger partial charge in [0.1, 0.15) is 0 Å². The first-order chi connectivity index (χ1) is 3.46. The average Bonchev–Trinajstić information content (AvgIpc) is 1.25. The van der Waals surface area contributed by atoms with Crippen LogP contribution < -0.4 is 11.5 Å². The van der Waals surface area contributed by atoms with Crippen molar-refractivity contribution in [2.45, 2.75) is 0 Å². The fourth-order valence-corrected chi connectivity index (χ4v) is 0. The Labute approximate surface area is 51.4 Å². The summed E-state index contributed by atoms with van der Waals surface area (Å²) in [6.07, 6.45) is 3.28. The van der Waals surface area contributed by atoms with Crippen LogP contribution in [0.25, 0.3) is 0 Å². The lowest BCUT2D eigenvalue weighted by molar-refractivity contribution is 0.256. The van der Waals surface area contributed by atoms with Gasteiger partial charge in [-0.15, -0.1) is 0 Å². The molecular weight excluding hydrogens is 128 g/mol. The molecule has 0 atom stereocenters. The van der Waals surface area contributed by atoms with Crippen molar-refractivity contribution in [3.8, 4) is 0 Å². The molecule has 5 heteroatoms. The monoisotopic (exact) mass is 138 g/mol. The van der Waals surface area contributed by atoms with E-state index in [0.717, 1.165) is 0 Å². The zero-order chi connectivity index (χ0) is 7.15. The van der Waals surface area contributed by atoms with Gasteiger partial charge < -0.3 is 16.0 Å². The van der Waals surface area contributed by atoms with Crippen molar-refractivity contribution >= 4 is 17.2 Å². The first-order valence-electron chi connectivity index (χ1n) is 1.76. The zero-order valence-corrected chi connectivity index (χ0v) is 5.70. The van der Waals surface area contributed by atoms with Gasteiger partial charge in [0.05, 0.1) is 12.5 Å². The molecule has 4 nitrogen and oxygen atoms in total. The average molecular weight is 138 g/mol. The van der Waals surface area contributed by atoms with Crippen LogP contribution in [0.1, 0.15) is 0 Å². The molecule has 0 aliphatic carbocycles. The molecule has 8 heavy (non-hydrogen) atoms. The molecule has 4 N–H and O–H groups in total. The van der Waals surface area contributed by atoms with Crippen molar-refractivity contribution in [1.82, 2.24) is 0 Å². The van der Waals surface area contributed by atoms with Crippen molar-refractivity contribution in [3.05, 3.63) is 0 Å². The molecule has 0 aromatic heterocycles. The smallest absolute Gasteiger partial charge is 0.309 e. The number of urea groups is 1. The molecule has 0 radical (unpaired) electrons. The summed E-state index contributed by atoms with van der Waals surface area (Å²) in [6.45, 7) is 0. The van der Waals surface area contributed by atoms with E-state index in [1.165, 1.54) is 0 Å². The number of amides is 2. The third-order valence-electron chi connectivity index (χ3n) is 0. The molecule has 0 bridgehead atoms. The lowest BCUT2D eigenvalue weighted by atomic mass is 11.2. The fourth-order valence-electron chi connectivity index (χ4n) is 0. The minimum absolute atomic E-state index is 0.611. The van der Waals surface area contributed by atoms with Crippen molar-refractivity contribution < 1.29 is 9.35 Å². The van der Waals surface area contributed by atoms with Crippen LogP contribution in [0.2, 0.25) is 0 Å². The SMILES string of the molecule is C[S+](C)[O-].NC(N)=O. The number of hydrogen-bond acceptors (Lipinski definition) is 2. The Bertz CT molecular complexity index is 59.5. The predicted octanol–water partition coefficient (Wildman–Crippen LogP) is -0.981. The van der Waals surface area contributed by atoms with Crippen LogP contribution in [0.3, 0.4) is 0 Å². The first kappa shape index (κ1) is 10.5. The summed E-state index contributed by atoms with van der Waals surface area (Å²) in [6, 6.07) is -0.833. The van der Waals surface area contributed by atoms with E-state index in [0.29, 0.717) is 0 Å². The van der Waals surface area contributed by atoms with E-state index in [9.17, 15) is 4.55 Å². The molecule has 0 fully saturated rings. The van der Waals surface area contributed by atoms with Crippen LogP contribution >= 0.6 is 0 Å². The quantitative estimate of drug-likeness (QED) is 0.421. The first-order valence-corrected chi connectivity index (χ1v) is 3.73. The van der Waals surface area contributed by atoms with Gasteiger partial charge >= 0.3 is 6.03 Å². The Balaban J connectivity index is 0. The van der Waals surface area contributed by atoms with Crippen LogP contribution in [0.5, 0.6) is 0 Å². The van der Waals surface area contributed by atoms with E-state index >= 15 is 0 Å². The summed E-state index contributed by atoms with van der Waals surface area (Å²) in [5.74, 6) is 0. The lowest BCUT2D eigenvalue weighted by Gasteiger charge is -1.87. The highest BCUT2D eigenvalue weighted by molar-refractivity contribution is 7.89. The van der Waals surface area contributed by atoms with Gasteiger partial charge in [0.2, 0.25) is 0 Å². The van der Waals surface area contributed by atoms with E-state index in [-0.39, 0.29) is 0 Å². The maximum atomic E-state index is 9.56. The second-order valence-corrected chi connectivity index (χ2v) is 2.63. The second kappa shape index (κ2) is 6.58. The minimum atomic E-state index is -0.833. The van der Waals surface area contributed by atoms with Crippen molar-refractivity contribution in [2.24, 2.45) is 11.5 Å². The Morgan fingerprint density at radius 2 is 1.50 bits per heavy atom. The number of hydrogen-bond donors (Lipinski definition) is 2. The fraction of sp³-hybridized carbons (Fsp3) is 0.667. The van der Waals surface area contributed by atoms with Gasteiger partial charge in [-0.05, 0) is 0 Å². The van der Waals surface area contributed by atoms with Crippen LogP contribution in [0.15, 0.2) is 0 Å². The Hall–Kier alpha value is -0.420. The summed E-state index contributed by atoms with van der Waals surface area (Å²) < 4.78 is 9.56. The van der Waals surface area contributed by atoms with Crippen LogP contribution in [-0.2, 0) is 11.2 Å². The molecule has 0 saturated heterocycles. The highest BCUT2D eigenvalue weighted by Crippen LogP contribution is 1.61. The molecular formula is C3H10N2O2S. The molecule has 0 aliphatic rings. The maximum Gasteiger partial charge on any atom is 0.309 e. The molecule has 0 unspecified atom stereocenters. The van der Waals surface area contributed by atoms with Crippen molar-refractivity contribution in [1.29, 1.82) is 0 Å². The molecule has 0 heterocycles. The van der Waals surface area contributed by atoms with Gasteiger partial charge in [-0.1, -0.05) is 11.2 Å². The third kappa shape index (κ3) is 664. The number of nitrogens with two attached hydrogens (primary N) is 2. The highest BCUT2D eigenvalue weighted by Gasteiger charge is 1.66. The molecule has 50 valence electrons. The summed E-state index contributed by atoms with van der Waals surface area (Å²) in [5.41, 5.74) is 8.50. The summed E-state index contributed by atoms with van der Waals surface area (Å²) >= 11 is -0.611. The van der Waals surface area contributed by atoms with E-state index in [1.54, 1.807) is 12.5 Å². The van der Waals surface area contributed by atoms with Crippen molar-refractivity contribution in [2.75, 3.05) is 12.5 Å². The van der Waals surface area contributed by atoms with Gasteiger partial charge in [0.25, 0.3) is 0 Å². The summed E-state index contributed by atoms with van der Waals surface area (Å²) in [5, 5.41) is 0. The molecule has 0 rings (SSSR count). The number of primary amides is 2. The van der Waals surface area contributed by atoms with E-state index in [1.807, 2.05) is 0 Å². The van der Waals surface area contributed by atoms with Gasteiger partial charge in [-0.3, -0.25) is 0 Å². The predicted molar refractivity (Wildman–Crippen MR) is 33.8 cm³/mol. The minimum Gasteiger partial charge on any atom is -0.617 e. The molecule has 0 aliphatic heterocycles. The number of rotatable bonds is 0. The second-order valence-electron chi connectivity index (χ2n) is 1.14. The van der Waals surface area contributed by atoms with Gasteiger partial charge in [0, 0.05) is 0 Å². The summed E-state index contributed by atoms with van der Waals surface area (Å²) in [4.78, 5) is 9.00. The lowest BCUT2D eigenvalue weighted by Crippen LogP contribution is -2.18. The van der Waals surface area contributed by atoms with E-state index in [2.05, 4.69) is 11.5 Å². The van der Waals surface area contributed by atoms with Crippen LogP contribution in [0, 0.1) is 0 Å². The third-order valence-corrected chi connectivity index (χ3v) is 0. The standard InChI is InChI=1S/C2H6OS.CH4N2O/c1-4(2)3;2-1(3)4/h1-2H3;(H4,2,3,4). The highest BCUT2D eigenvalue weighted by atomic mass is 32.2. The van der Waals surface area contributed by atoms with Crippen LogP contribution in [0.4, 0.5) is 4.79 Å². The van der Waals surface area contributed by atoms with E-state index < -0.39 is 17.2 Å². The Morgan fingerprint density at radius 3 is 1.50 bits per heavy atom. The summed E-state index contributed by atoms with van der Waals surface area (Å²) in [7, 11) is 0. The molecule has 0 aromatic rings. The normalized spacial score (nSPS) is 7.50. The van der Waals surface area contributed by atoms with Gasteiger partial charge in [0.15, 0.2) is 0 Å². The van der Waals surface area contributed by atoms with Gasteiger partial charge in [-0.2, -0.15) is 0 Å². The Morgan fingerprint density at radius 1 is 1.50 bits per heavy atom. The largest absolute Gasteiger partial charge is 0.617 e. The van der Waals surface area contributed by atoms with E-state index in [4.69, 9.17) is 4.79 Å². The Kier molecular flexibility index (Phi) is 8.67. The number of carbonyl (C=O) groups excluding carboxylic acids is 1. The van der Waals surface area contributed by atoms with Crippen molar-refractivity contribution in [3.63, 3.8) is 0 Å². The molecule has 0 spiro atoms. The van der Waals surface area contributed by atoms with Crippen LogP contribution in [-0.4, -0.2) is 23.1 Å². The molecule has 2 amide bonds. The maximum absolute atomic E-state index is 9.56. The molecule has 0 aromatic carbocycles. The zero-order valence-electron chi connectivity index (χ0n) is 4.88.